The third-order valence-electron chi connectivity index (χ3n) is 3.26. The standard InChI is InChI=1S/C13H17ClO2/c1-13(8-2-3-9-16-13)12(15)10-4-6-11(14)7-5-10/h4-7,12,15H,2-3,8-9H2,1H3. The number of benzene rings is 1. The van der Waals surface area contributed by atoms with Crippen LogP contribution in [0.15, 0.2) is 24.3 Å². The second-order valence-corrected chi connectivity index (χ2v) is 5.01. The lowest BCUT2D eigenvalue weighted by atomic mass is 9.86. The van der Waals surface area contributed by atoms with Crippen molar-refractivity contribution in [1.82, 2.24) is 0 Å². The van der Waals surface area contributed by atoms with Crippen LogP contribution >= 0.6 is 11.6 Å². The van der Waals surface area contributed by atoms with E-state index < -0.39 is 11.7 Å². The number of rotatable bonds is 2. The Bertz CT molecular complexity index is 341. The zero-order valence-corrected chi connectivity index (χ0v) is 10.2. The van der Waals surface area contributed by atoms with E-state index in [2.05, 4.69) is 0 Å². The highest BCUT2D eigenvalue weighted by atomic mass is 35.5. The number of hydrogen-bond donors (Lipinski definition) is 1. The summed E-state index contributed by atoms with van der Waals surface area (Å²) in [5, 5.41) is 11.0. The maximum absolute atomic E-state index is 10.3. The minimum absolute atomic E-state index is 0.452. The first-order chi connectivity index (χ1) is 7.62. The van der Waals surface area contributed by atoms with Crippen LogP contribution in [0.1, 0.15) is 37.9 Å². The topological polar surface area (TPSA) is 29.5 Å². The first-order valence-electron chi connectivity index (χ1n) is 5.69. The van der Waals surface area contributed by atoms with Crippen LogP contribution in [-0.4, -0.2) is 17.3 Å². The molecule has 2 rings (SSSR count). The molecule has 1 fully saturated rings. The van der Waals surface area contributed by atoms with Crippen molar-refractivity contribution in [2.75, 3.05) is 6.61 Å². The van der Waals surface area contributed by atoms with Crippen molar-refractivity contribution >= 4 is 11.6 Å². The van der Waals surface area contributed by atoms with Gasteiger partial charge in [-0.3, -0.25) is 0 Å². The lowest BCUT2D eigenvalue weighted by Crippen LogP contribution is -2.39. The molecule has 88 valence electrons. The summed E-state index contributed by atoms with van der Waals surface area (Å²) in [5.74, 6) is 0. The number of ether oxygens (including phenoxy) is 1. The summed E-state index contributed by atoms with van der Waals surface area (Å²) >= 11 is 5.82. The highest BCUT2D eigenvalue weighted by Crippen LogP contribution is 2.36. The predicted octanol–water partition coefficient (Wildman–Crippen LogP) is 3.33. The zero-order valence-electron chi connectivity index (χ0n) is 9.45. The van der Waals surface area contributed by atoms with Gasteiger partial charge in [-0.25, -0.2) is 0 Å². The monoisotopic (exact) mass is 240 g/mol. The van der Waals surface area contributed by atoms with Crippen LogP contribution in [0.5, 0.6) is 0 Å². The van der Waals surface area contributed by atoms with Crippen LogP contribution in [0.4, 0.5) is 0 Å². The van der Waals surface area contributed by atoms with Gasteiger partial charge >= 0.3 is 0 Å². The van der Waals surface area contributed by atoms with Crippen molar-refractivity contribution in [1.29, 1.82) is 0 Å². The minimum Gasteiger partial charge on any atom is -0.385 e. The first kappa shape index (κ1) is 11.9. The Kier molecular flexibility index (Phi) is 3.53. The third-order valence-corrected chi connectivity index (χ3v) is 3.52. The SMILES string of the molecule is CC1(C(O)c2ccc(Cl)cc2)CCCCO1. The molecule has 2 atom stereocenters. The summed E-state index contributed by atoms with van der Waals surface area (Å²) in [7, 11) is 0. The van der Waals surface area contributed by atoms with Crippen LogP contribution in [0.2, 0.25) is 5.02 Å². The molecule has 1 aliphatic heterocycles. The molecule has 0 amide bonds. The van der Waals surface area contributed by atoms with Crippen molar-refractivity contribution in [3.8, 4) is 0 Å². The largest absolute Gasteiger partial charge is 0.385 e. The average molecular weight is 241 g/mol. The van der Waals surface area contributed by atoms with Gasteiger partial charge in [-0.05, 0) is 43.9 Å². The summed E-state index contributed by atoms with van der Waals surface area (Å²) in [6.45, 7) is 2.71. The number of aliphatic hydroxyl groups excluding tert-OH is 1. The van der Waals surface area contributed by atoms with Gasteiger partial charge in [0, 0.05) is 11.6 Å². The van der Waals surface area contributed by atoms with Crippen LogP contribution in [0.3, 0.4) is 0 Å². The zero-order chi connectivity index (χ0) is 11.6. The second-order valence-electron chi connectivity index (χ2n) is 4.57. The summed E-state index contributed by atoms with van der Waals surface area (Å²) in [6.07, 6.45) is 2.52. The predicted molar refractivity (Wildman–Crippen MR) is 64.6 cm³/mol. The molecule has 16 heavy (non-hydrogen) atoms. The Balaban J connectivity index is 2.16. The lowest BCUT2D eigenvalue weighted by Gasteiger charge is -2.38. The first-order valence-corrected chi connectivity index (χ1v) is 6.07. The molecule has 0 bridgehead atoms. The fraction of sp³-hybridized carbons (Fsp3) is 0.538. The molecule has 2 nitrogen and oxygen atoms in total. The summed E-state index contributed by atoms with van der Waals surface area (Å²) in [4.78, 5) is 0. The van der Waals surface area contributed by atoms with Gasteiger partial charge in [0.2, 0.25) is 0 Å². The van der Waals surface area contributed by atoms with Crippen LogP contribution in [0.25, 0.3) is 0 Å². The molecular formula is C13H17ClO2. The smallest absolute Gasteiger partial charge is 0.108 e. The Morgan fingerprint density at radius 1 is 1.31 bits per heavy atom. The van der Waals surface area contributed by atoms with E-state index in [-0.39, 0.29) is 0 Å². The van der Waals surface area contributed by atoms with Gasteiger partial charge in [0.25, 0.3) is 0 Å². The van der Waals surface area contributed by atoms with Gasteiger partial charge in [0.05, 0.1) is 5.60 Å². The van der Waals surface area contributed by atoms with E-state index in [1.807, 2.05) is 19.1 Å². The Hall–Kier alpha value is -0.570. The van der Waals surface area contributed by atoms with Gasteiger partial charge in [-0.15, -0.1) is 0 Å². The molecule has 0 saturated carbocycles. The van der Waals surface area contributed by atoms with Gasteiger partial charge in [0.1, 0.15) is 6.10 Å². The molecule has 1 aromatic rings. The van der Waals surface area contributed by atoms with Gasteiger partial charge < -0.3 is 9.84 Å². The van der Waals surface area contributed by atoms with E-state index >= 15 is 0 Å². The summed E-state index contributed by atoms with van der Waals surface area (Å²) < 4.78 is 5.73. The molecular weight excluding hydrogens is 224 g/mol. The van der Waals surface area contributed by atoms with Crippen molar-refractivity contribution in [2.45, 2.75) is 37.9 Å². The van der Waals surface area contributed by atoms with E-state index in [9.17, 15) is 5.11 Å². The van der Waals surface area contributed by atoms with Crippen molar-refractivity contribution in [3.63, 3.8) is 0 Å². The molecule has 1 heterocycles. The van der Waals surface area contributed by atoms with Crippen LogP contribution in [-0.2, 0) is 4.74 Å². The Morgan fingerprint density at radius 2 is 2.00 bits per heavy atom. The summed E-state index contributed by atoms with van der Waals surface area (Å²) in [6, 6.07) is 7.31. The molecule has 0 aliphatic carbocycles. The highest BCUT2D eigenvalue weighted by Gasteiger charge is 2.36. The van der Waals surface area contributed by atoms with E-state index in [1.54, 1.807) is 12.1 Å². The Labute approximate surface area is 101 Å². The second kappa shape index (κ2) is 4.74. The van der Waals surface area contributed by atoms with E-state index in [0.717, 1.165) is 31.4 Å². The highest BCUT2D eigenvalue weighted by molar-refractivity contribution is 6.30. The van der Waals surface area contributed by atoms with Gasteiger partial charge in [-0.1, -0.05) is 23.7 Å². The van der Waals surface area contributed by atoms with Gasteiger partial charge in [-0.2, -0.15) is 0 Å². The number of halogens is 1. The fourth-order valence-corrected chi connectivity index (χ4v) is 2.29. The van der Waals surface area contributed by atoms with E-state index in [1.165, 1.54) is 0 Å². The molecule has 1 N–H and O–H groups in total. The maximum Gasteiger partial charge on any atom is 0.108 e. The molecule has 2 unspecified atom stereocenters. The van der Waals surface area contributed by atoms with Crippen molar-refractivity contribution in [2.24, 2.45) is 0 Å². The van der Waals surface area contributed by atoms with E-state index in [4.69, 9.17) is 16.3 Å². The number of aliphatic hydroxyl groups is 1. The van der Waals surface area contributed by atoms with Crippen LogP contribution in [0, 0.1) is 0 Å². The molecule has 1 aliphatic rings. The molecule has 3 heteroatoms. The molecule has 0 aromatic heterocycles. The van der Waals surface area contributed by atoms with Crippen molar-refractivity contribution in [3.05, 3.63) is 34.9 Å². The van der Waals surface area contributed by atoms with E-state index in [0.29, 0.717) is 5.02 Å². The summed E-state index contributed by atoms with van der Waals surface area (Å²) in [5.41, 5.74) is 0.417. The fourth-order valence-electron chi connectivity index (χ4n) is 2.17. The normalized spacial score (nSPS) is 27.7. The molecule has 1 saturated heterocycles. The molecule has 0 radical (unpaired) electrons. The quantitative estimate of drug-likeness (QED) is 0.859. The van der Waals surface area contributed by atoms with Crippen molar-refractivity contribution < 1.29 is 9.84 Å². The lowest BCUT2D eigenvalue weighted by molar-refractivity contribution is -0.138. The molecule has 0 spiro atoms. The third kappa shape index (κ3) is 2.40. The molecule has 1 aromatic carbocycles. The Morgan fingerprint density at radius 3 is 2.56 bits per heavy atom. The minimum atomic E-state index is -0.579. The average Bonchev–Trinajstić information content (AvgIpc) is 2.30. The number of hydrogen-bond acceptors (Lipinski definition) is 2. The maximum atomic E-state index is 10.3. The van der Waals surface area contributed by atoms with Crippen LogP contribution < -0.4 is 0 Å². The van der Waals surface area contributed by atoms with Gasteiger partial charge in [0.15, 0.2) is 0 Å².